The molecule has 0 atom stereocenters. The summed E-state index contributed by atoms with van der Waals surface area (Å²) in [7, 11) is 0. The number of anilines is 2. The number of hydrogen-bond donors (Lipinski definition) is 1. The van der Waals surface area contributed by atoms with Crippen LogP contribution in [0.2, 0.25) is 0 Å². The van der Waals surface area contributed by atoms with Crippen LogP contribution in [0.15, 0.2) is 30.3 Å². The van der Waals surface area contributed by atoms with Crippen molar-refractivity contribution in [2.75, 3.05) is 29.9 Å². The highest BCUT2D eigenvalue weighted by Gasteiger charge is 2.28. The SMILES string of the molecule is Cc1nc2c(c(N3CCC(C)CC3)n1)CN(C(=O)Nc1ccccc1)CC2. The lowest BCUT2D eigenvalue weighted by molar-refractivity contribution is 0.206. The van der Waals surface area contributed by atoms with Crippen LogP contribution in [0.3, 0.4) is 0 Å². The van der Waals surface area contributed by atoms with Crippen molar-refractivity contribution in [2.24, 2.45) is 5.92 Å². The minimum absolute atomic E-state index is 0.0642. The van der Waals surface area contributed by atoms with E-state index >= 15 is 0 Å². The first-order valence-corrected chi connectivity index (χ1v) is 9.82. The van der Waals surface area contributed by atoms with Crippen molar-refractivity contribution < 1.29 is 4.79 Å². The number of nitrogens with one attached hydrogen (secondary N) is 1. The van der Waals surface area contributed by atoms with Crippen LogP contribution >= 0.6 is 0 Å². The predicted molar refractivity (Wildman–Crippen MR) is 107 cm³/mol. The van der Waals surface area contributed by atoms with Gasteiger partial charge in [-0.1, -0.05) is 25.1 Å². The third-order valence-electron chi connectivity index (χ3n) is 5.55. The van der Waals surface area contributed by atoms with Gasteiger partial charge >= 0.3 is 6.03 Å². The molecule has 1 aromatic heterocycles. The molecule has 0 aliphatic carbocycles. The predicted octanol–water partition coefficient (Wildman–Crippen LogP) is 3.61. The molecule has 2 aliphatic heterocycles. The number of fused-ring (bicyclic) bond motifs is 1. The number of carbonyl (C=O) groups is 1. The molecular formula is C21H27N5O. The van der Waals surface area contributed by atoms with Gasteiger partial charge in [0, 0.05) is 37.3 Å². The minimum atomic E-state index is -0.0642. The smallest absolute Gasteiger partial charge is 0.322 e. The summed E-state index contributed by atoms with van der Waals surface area (Å²) in [6.45, 7) is 7.58. The molecule has 0 saturated carbocycles. The first-order chi connectivity index (χ1) is 13.1. The molecule has 2 amide bonds. The van der Waals surface area contributed by atoms with Gasteiger partial charge in [-0.2, -0.15) is 0 Å². The molecule has 0 unspecified atom stereocenters. The van der Waals surface area contributed by atoms with Crippen molar-refractivity contribution in [3.8, 4) is 0 Å². The van der Waals surface area contributed by atoms with Crippen molar-refractivity contribution in [1.29, 1.82) is 0 Å². The van der Waals surface area contributed by atoms with E-state index in [1.165, 1.54) is 12.8 Å². The summed E-state index contributed by atoms with van der Waals surface area (Å²) in [6, 6.07) is 9.54. The summed E-state index contributed by atoms with van der Waals surface area (Å²) in [5.41, 5.74) is 3.03. The minimum Gasteiger partial charge on any atom is -0.356 e. The van der Waals surface area contributed by atoms with Crippen LogP contribution in [0.4, 0.5) is 16.3 Å². The van der Waals surface area contributed by atoms with Gasteiger partial charge in [0.25, 0.3) is 0 Å². The Morgan fingerprint density at radius 1 is 1.11 bits per heavy atom. The number of nitrogens with zero attached hydrogens (tertiary/aromatic N) is 4. The number of rotatable bonds is 2. The van der Waals surface area contributed by atoms with E-state index in [2.05, 4.69) is 22.1 Å². The molecule has 2 aromatic rings. The third kappa shape index (κ3) is 3.89. The fraction of sp³-hybridized carbons (Fsp3) is 0.476. The number of amides is 2. The topological polar surface area (TPSA) is 61.4 Å². The van der Waals surface area contributed by atoms with E-state index in [1.807, 2.05) is 42.2 Å². The average molecular weight is 365 g/mol. The van der Waals surface area contributed by atoms with E-state index in [0.717, 1.165) is 54.0 Å². The number of aryl methyl sites for hydroxylation is 1. The van der Waals surface area contributed by atoms with E-state index in [0.29, 0.717) is 13.1 Å². The zero-order valence-corrected chi connectivity index (χ0v) is 16.1. The van der Waals surface area contributed by atoms with Gasteiger partial charge in [0.1, 0.15) is 11.6 Å². The van der Waals surface area contributed by atoms with Crippen LogP contribution in [0, 0.1) is 12.8 Å². The molecule has 3 heterocycles. The number of carbonyl (C=O) groups excluding carboxylic acids is 1. The van der Waals surface area contributed by atoms with Crippen LogP contribution < -0.4 is 10.2 Å². The Labute approximate surface area is 160 Å². The number of para-hydroxylation sites is 1. The highest BCUT2D eigenvalue weighted by molar-refractivity contribution is 5.89. The highest BCUT2D eigenvalue weighted by Crippen LogP contribution is 2.30. The Balaban J connectivity index is 1.55. The molecule has 1 saturated heterocycles. The van der Waals surface area contributed by atoms with Gasteiger partial charge in [0.2, 0.25) is 0 Å². The van der Waals surface area contributed by atoms with E-state index in [-0.39, 0.29) is 6.03 Å². The lowest BCUT2D eigenvalue weighted by Crippen LogP contribution is -2.41. The Bertz CT molecular complexity index is 815. The molecule has 1 N–H and O–H groups in total. The van der Waals surface area contributed by atoms with Crippen LogP contribution in [-0.4, -0.2) is 40.5 Å². The second kappa shape index (κ2) is 7.55. The Hall–Kier alpha value is -2.63. The van der Waals surface area contributed by atoms with E-state index in [4.69, 9.17) is 4.98 Å². The summed E-state index contributed by atoms with van der Waals surface area (Å²) in [6.07, 6.45) is 3.16. The fourth-order valence-corrected chi connectivity index (χ4v) is 3.90. The monoisotopic (exact) mass is 365 g/mol. The van der Waals surface area contributed by atoms with E-state index in [9.17, 15) is 4.79 Å². The molecule has 142 valence electrons. The quantitative estimate of drug-likeness (QED) is 0.883. The van der Waals surface area contributed by atoms with Crippen LogP contribution in [-0.2, 0) is 13.0 Å². The largest absolute Gasteiger partial charge is 0.356 e. The van der Waals surface area contributed by atoms with Gasteiger partial charge in [-0.25, -0.2) is 14.8 Å². The molecule has 27 heavy (non-hydrogen) atoms. The van der Waals surface area contributed by atoms with Gasteiger partial charge in [0.05, 0.1) is 12.2 Å². The van der Waals surface area contributed by atoms with Gasteiger partial charge < -0.3 is 15.1 Å². The zero-order valence-electron chi connectivity index (χ0n) is 16.1. The molecule has 2 aliphatic rings. The van der Waals surface area contributed by atoms with Gasteiger partial charge in [-0.3, -0.25) is 0 Å². The Kier molecular flexibility index (Phi) is 4.97. The van der Waals surface area contributed by atoms with Crippen LogP contribution in [0.1, 0.15) is 36.8 Å². The highest BCUT2D eigenvalue weighted by atomic mass is 16.2. The fourth-order valence-electron chi connectivity index (χ4n) is 3.90. The van der Waals surface area contributed by atoms with Crippen molar-refractivity contribution in [3.63, 3.8) is 0 Å². The number of benzene rings is 1. The number of urea groups is 1. The molecule has 0 spiro atoms. The standard InChI is InChI=1S/C21H27N5O/c1-15-8-11-25(12-9-15)20-18-14-26(13-10-19(18)22-16(2)23-20)21(27)24-17-6-4-3-5-7-17/h3-7,15H,8-14H2,1-2H3,(H,24,27). The first kappa shape index (κ1) is 17.8. The van der Waals surface area contributed by atoms with E-state index < -0.39 is 0 Å². The molecule has 4 rings (SSSR count). The van der Waals surface area contributed by atoms with Crippen LogP contribution in [0.25, 0.3) is 0 Å². The molecule has 1 fully saturated rings. The summed E-state index contributed by atoms with van der Waals surface area (Å²) >= 11 is 0. The normalized spacial score (nSPS) is 17.6. The van der Waals surface area contributed by atoms with Crippen molar-refractivity contribution in [2.45, 2.75) is 39.7 Å². The zero-order chi connectivity index (χ0) is 18.8. The molecule has 6 nitrogen and oxygen atoms in total. The Morgan fingerprint density at radius 3 is 2.59 bits per heavy atom. The first-order valence-electron chi connectivity index (χ1n) is 9.82. The molecule has 1 aromatic carbocycles. The summed E-state index contributed by atoms with van der Waals surface area (Å²) in [5, 5.41) is 2.99. The summed E-state index contributed by atoms with van der Waals surface area (Å²) in [4.78, 5) is 26.4. The van der Waals surface area contributed by atoms with Gasteiger partial charge in [-0.05, 0) is 37.8 Å². The number of hydrogen-bond acceptors (Lipinski definition) is 4. The van der Waals surface area contributed by atoms with Crippen molar-refractivity contribution >= 4 is 17.5 Å². The maximum atomic E-state index is 12.7. The van der Waals surface area contributed by atoms with Gasteiger partial charge in [0.15, 0.2) is 0 Å². The molecular weight excluding hydrogens is 338 g/mol. The maximum Gasteiger partial charge on any atom is 0.322 e. The molecule has 6 heteroatoms. The van der Waals surface area contributed by atoms with E-state index in [1.54, 1.807) is 0 Å². The Morgan fingerprint density at radius 2 is 1.85 bits per heavy atom. The van der Waals surface area contributed by atoms with Crippen molar-refractivity contribution in [1.82, 2.24) is 14.9 Å². The summed E-state index contributed by atoms with van der Waals surface area (Å²) in [5.74, 6) is 2.62. The summed E-state index contributed by atoms with van der Waals surface area (Å²) < 4.78 is 0. The lowest BCUT2D eigenvalue weighted by atomic mass is 9.98. The number of aromatic nitrogens is 2. The number of piperidine rings is 1. The van der Waals surface area contributed by atoms with Crippen molar-refractivity contribution in [3.05, 3.63) is 47.4 Å². The second-order valence-corrected chi connectivity index (χ2v) is 7.66. The van der Waals surface area contributed by atoms with Gasteiger partial charge in [-0.15, -0.1) is 0 Å². The average Bonchev–Trinajstić information content (AvgIpc) is 2.68. The second-order valence-electron chi connectivity index (χ2n) is 7.66. The molecule has 0 radical (unpaired) electrons. The molecule has 0 bridgehead atoms. The maximum absolute atomic E-state index is 12.7. The lowest BCUT2D eigenvalue weighted by Gasteiger charge is -2.36. The van der Waals surface area contributed by atoms with Crippen LogP contribution in [0.5, 0.6) is 0 Å². The third-order valence-corrected chi connectivity index (χ3v) is 5.55.